The summed E-state index contributed by atoms with van der Waals surface area (Å²) in [5, 5.41) is -0.617. The van der Waals surface area contributed by atoms with Crippen molar-refractivity contribution in [3.8, 4) is 0 Å². The van der Waals surface area contributed by atoms with E-state index in [0.29, 0.717) is 5.02 Å². The largest absolute Gasteiger partial charge is 0.297 e. The molecule has 0 spiro atoms. The van der Waals surface area contributed by atoms with Crippen molar-refractivity contribution in [2.75, 3.05) is 0 Å². The van der Waals surface area contributed by atoms with Crippen LogP contribution in [-0.4, -0.2) is 16.9 Å². The molecule has 1 atom stereocenters. The molecule has 1 rings (SSSR count). The molecule has 1 aromatic carbocycles. The number of alkyl halides is 1. The van der Waals surface area contributed by atoms with E-state index in [-0.39, 0.29) is 16.4 Å². The van der Waals surface area contributed by atoms with Gasteiger partial charge < -0.3 is 0 Å². The van der Waals surface area contributed by atoms with Crippen molar-refractivity contribution in [3.63, 3.8) is 0 Å². The van der Waals surface area contributed by atoms with Crippen LogP contribution in [0.2, 0.25) is 10.0 Å². The number of carbonyl (C=O) groups excluding carboxylic acids is 2. The second-order valence-corrected chi connectivity index (χ2v) is 6.25. The van der Waals surface area contributed by atoms with Gasteiger partial charge >= 0.3 is 0 Å². The number of rotatable bonds is 3. The van der Waals surface area contributed by atoms with Gasteiger partial charge in [0.1, 0.15) is 0 Å². The first-order chi connectivity index (χ1) is 8.14. The van der Waals surface area contributed by atoms with E-state index >= 15 is 0 Å². The average Bonchev–Trinajstić information content (AvgIpc) is 2.25. The Morgan fingerprint density at radius 1 is 1.17 bits per heavy atom. The maximum Gasteiger partial charge on any atom is 0.189 e. The van der Waals surface area contributed by atoms with E-state index in [2.05, 4.69) is 0 Å². The summed E-state index contributed by atoms with van der Waals surface area (Å²) in [6.45, 7) is 5.13. The first-order valence-electron chi connectivity index (χ1n) is 5.32. The summed E-state index contributed by atoms with van der Waals surface area (Å²) < 4.78 is 0. The lowest BCUT2D eigenvalue weighted by atomic mass is 9.86. The van der Waals surface area contributed by atoms with Crippen LogP contribution in [0.1, 0.15) is 31.1 Å². The minimum absolute atomic E-state index is 0.194. The maximum absolute atomic E-state index is 12.1. The van der Waals surface area contributed by atoms with Crippen molar-refractivity contribution in [1.29, 1.82) is 0 Å². The number of carbonyl (C=O) groups is 2. The van der Waals surface area contributed by atoms with Crippen molar-refractivity contribution in [2.24, 2.45) is 5.41 Å². The van der Waals surface area contributed by atoms with Gasteiger partial charge in [0.15, 0.2) is 16.9 Å². The second-order valence-electron chi connectivity index (χ2n) is 4.97. The Bertz CT molecular complexity index is 489. The topological polar surface area (TPSA) is 34.1 Å². The Labute approximate surface area is 121 Å². The molecule has 0 N–H and O–H groups in total. The molecule has 0 bridgehead atoms. The number of ketones is 2. The summed E-state index contributed by atoms with van der Waals surface area (Å²) in [7, 11) is 0. The van der Waals surface area contributed by atoms with Crippen LogP contribution in [0, 0.1) is 5.41 Å². The molecule has 0 aliphatic rings. The average molecular weight is 308 g/mol. The molecule has 0 aromatic heterocycles. The minimum atomic E-state index is -1.23. The Balaban J connectivity index is 3.04. The summed E-state index contributed by atoms with van der Waals surface area (Å²) in [5.74, 6) is -0.835. The number of halogens is 3. The van der Waals surface area contributed by atoms with Crippen LogP contribution in [0.15, 0.2) is 18.2 Å². The zero-order valence-electron chi connectivity index (χ0n) is 10.3. The zero-order chi connectivity index (χ0) is 14.1. The molecule has 1 unspecified atom stereocenters. The quantitative estimate of drug-likeness (QED) is 0.471. The van der Waals surface area contributed by atoms with Gasteiger partial charge in [0, 0.05) is 16.0 Å². The third-order valence-electron chi connectivity index (χ3n) is 2.40. The fraction of sp³-hybridized carbons (Fsp3) is 0.385. The number of Topliss-reactive ketones (excluding diaryl/α,β-unsaturated/α-hetero) is 2. The molecule has 0 heterocycles. The molecule has 1 aromatic rings. The summed E-state index contributed by atoms with van der Waals surface area (Å²) >= 11 is 17.6. The highest BCUT2D eigenvalue weighted by Crippen LogP contribution is 2.26. The molecule has 2 nitrogen and oxygen atoms in total. The smallest absolute Gasteiger partial charge is 0.189 e. The molecule has 0 saturated carbocycles. The standard InChI is InChI=1S/C13H13Cl3O2/c1-13(2,3)12(18)10(16)11(17)8-5-4-7(14)6-9(8)15/h4-6,10H,1-3H3. The summed E-state index contributed by atoms with van der Waals surface area (Å²) in [4.78, 5) is 24.0. The minimum Gasteiger partial charge on any atom is -0.297 e. The van der Waals surface area contributed by atoms with Crippen molar-refractivity contribution in [3.05, 3.63) is 33.8 Å². The van der Waals surface area contributed by atoms with E-state index in [1.807, 2.05) is 0 Å². The molecule has 0 aliphatic heterocycles. The van der Waals surface area contributed by atoms with Crippen LogP contribution < -0.4 is 0 Å². The third kappa shape index (κ3) is 3.47. The number of hydrogen-bond acceptors (Lipinski definition) is 2. The Morgan fingerprint density at radius 2 is 1.72 bits per heavy atom. The van der Waals surface area contributed by atoms with Crippen LogP contribution >= 0.6 is 34.8 Å². The van der Waals surface area contributed by atoms with Gasteiger partial charge in [0.05, 0.1) is 5.02 Å². The highest BCUT2D eigenvalue weighted by atomic mass is 35.5. The van der Waals surface area contributed by atoms with E-state index in [9.17, 15) is 9.59 Å². The van der Waals surface area contributed by atoms with Crippen molar-refractivity contribution in [1.82, 2.24) is 0 Å². The van der Waals surface area contributed by atoms with E-state index < -0.39 is 16.6 Å². The molecule has 0 amide bonds. The Morgan fingerprint density at radius 3 is 2.17 bits per heavy atom. The second kappa shape index (κ2) is 5.60. The van der Waals surface area contributed by atoms with Gasteiger partial charge in [0.25, 0.3) is 0 Å². The summed E-state index contributed by atoms with van der Waals surface area (Å²) in [6.07, 6.45) is 0. The van der Waals surface area contributed by atoms with Crippen LogP contribution in [0.25, 0.3) is 0 Å². The number of hydrogen-bond donors (Lipinski definition) is 0. The molecule has 0 saturated heterocycles. The maximum atomic E-state index is 12.1. The van der Waals surface area contributed by atoms with Crippen molar-refractivity contribution >= 4 is 46.4 Å². The van der Waals surface area contributed by atoms with Crippen LogP contribution in [0.4, 0.5) is 0 Å². The molecular weight excluding hydrogens is 294 g/mol. The van der Waals surface area contributed by atoms with Crippen molar-refractivity contribution < 1.29 is 9.59 Å². The van der Waals surface area contributed by atoms with Gasteiger partial charge in [-0.3, -0.25) is 9.59 Å². The predicted octanol–water partition coefficient (Wildman–Crippen LogP) is 4.40. The zero-order valence-corrected chi connectivity index (χ0v) is 12.5. The van der Waals surface area contributed by atoms with Crippen LogP contribution in [-0.2, 0) is 4.79 Å². The molecular formula is C13H13Cl3O2. The lowest BCUT2D eigenvalue weighted by Gasteiger charge is -2.19. The Hall–Kier alpha value is -0.570. The normalized spacial score (nSPS) is 13.2. The van der Waals surface area contributed by atoms with Crippen LogP contribution in [0.3, 0.4) is 0 Å². The molecule has 18 heavy (non-hydrogen) atoms. The van der Waals surface area contributed by atoms with Gasteiger partial charge in [-0.1, -0.05) is 44.0 Å². The molecule has 0 radical (unpaired) electrons. The van der Waals surface area contributed by atoms with E-state index in [4.69, 9.17) is 34.8 Å². The lowest BCUT2D eigenvalue weighted by Crippen LogP contribution is -2.34. The monoisotopic (exact) mass is 306 g/mol. The molecule has 98 valence electrons. The SMILES string of the molecule is CC(C)(C)C(=O)C(Cl)C(=O)c1ccc(Cl)cc1Cl. The highest BCUT2D eigenvalue weighted by molar-refractivity contribution is 6.47. The Kier molecular flexibility index (Phi) is 4.82. The molecule has 0 fully saturated rings. The van der Waals surface area contributed by atoms with Gasteiger partial charge in [-0.05, 0) is 18.2 Å². The first kappa shape index (κ1) is 15.5. The molecule has 0 aliphatic carbocycles. The highest BCUT2D eigenvalue weighted by Gasteiger charge is 2.34. The fourth-order valence-corrected chi connectivity index (χ4v) is 2.27. The summed E-state index contributed by atoms with van der Waals surface area (Å²) in [5.41, 5.74) is -0.472. The fourth-order valence-electron chi connectivity index (χ4n) is 1.33. The molecule has 5 heteroatoms. The van der Waals surface area contributed by atoms with E-state index in [1.54, 1.807) is 20.8 Å². The van der Waals surface area contributed by atoms with Gasteiger partial charge in [-0.15, -0.1) is 11.6 Å². The predicted molar refractivity (Wildman–Crippen MR) is 74.9 cm³/mol. The van der Waals surface area contributed by atoms with E-state index in [0.717, 1.165) is 0 Å². The third-order valence-corrected chi connectivity index (χ3v) is 3.34. The first-order valence-corrected chi connectivity index (χ1v) is 6.51. The summed E-state index contributed by atoms with van der Waals surface area (Å²) in [6, 6.07) is 4.45. The van der Waals surface area contributed by atoms with Gasteiger partial charge in [-0.2, -0.15) is 0 Å². The number of benzene rings is 1. The van der Waals surface area contributed by atoms with Crippen LogP contribution in [0.5, 0.6) is 0 Å². The van der Waals surface area contributed by atoms with Crippen molar-refractivity contribution in [2.45, 2.75) is 26.1 Å². The van der Waals surface area contributed by atoms with E-state index in [1.165, 1.54) is 18.2 Å². The van der Waals surface area contributed by atoms with Gasteiger partial charge in [0.2, 0.25) is 0 Å². The lowest BCUT2D eigenvalue weighted by molar-refractivity contribution is -0.125. The van der Waals surface area contributed by atoms with Gasteiger partial charge in [-0.25, -0.2) is 0 Å².